The maximum Gasteiger partial charge on any atom is 0.122 e. The minimum absolute atomic E-state index is 0.112. The summed E-state index contributed by atoms with van der Waals surface area (Å²) in [5.74, 6) is 1.05. The van der Waals surface area contributed by atoms with Crippen molar-refractivity contribution in [1.82, 2.24) is 10.2 Å². The predicted molar refractivity (Wildman–Crippen MR) is 81.1 cm³/mol. The maximum absolute atomic E-state index is 5.60. The lowest BCUT2D eigenvalue weighted by atomic mass is 9.96. The van der Waals surface area contributed by atoms with Crippen LogP contribution in [-0.2, 0) is 13.1 Å². The molecule has 1 aromatic heterocycles. The van der Waals surface area contributed by atoms with E-state index in [1.807, 2.05) is 0 Å². The highest BCUT2D eigenvalue weighted by atomic mass is 16.3. The summed E-state index contributed by atoms with van der Waals surface area (Å²) in [6.07, 6.45) is 1.79. The summed E-state index contributed by atoms with van der Waals surface area (Å²) in [7, 11) is 2.17. The Morgan fingerprint density at radius 3 is 2.32 bits per heavy atom. The molecule has 0 spiro atoms. The van der Waals surface area contributed by atoms with Crippen LogP contribution in [0.15, 0.2) is 16.7 Å². The van der Waals surface area contributed by atoms with E-state index in [9.17, 15) is 0 Å². The molecular weight excluding hydrogens is 236 g/mol. The fraction of sp³-hybridized carbons (Fsp3) is 0.750. The first kappa shape index (κ1) is 16.3. The van der Waals surface area contributed by atoms with Crippen LogP contribution in [0.25, 0.3) is 0 Å². The van der Waals surface area contributed by atoms with E-state index < -0.39 is 0 Å². The monoisotopic (exact) mass is 266 g/mol. The molecule has 0 aliphatic heterocycles. The summed E-state index contributed by atoms with van der Waals surface area (Å²) >= 11 is 0. The zero-order valence-corrected chi connectivity index (χ0v) is 13.6. The number of hydrogen-bond acceptors (Lipinski definition) is 3. The van der Waals surface area contributed by atoms with Crippen molar-refractivity contribution in [3.05, 3.63) is 23.7 Å². The van der Waals surface area contributed by atoms with Crippen molar-refractivity contribution >= 4 is 0 Å². The van der Waals surface area contributed by atoms with Gasteiger partial charge < -0.3 is 14.6 Å². The summed E-state index contributed by atoms with van der Waals surface area (Å²) in [4.78, 5) is 2.35. The van der Waals surface area contributed by atoms with E-state index in [0.717, 1.165) is 25.4 Å². The molecule has 0 aliphatic rings. The highest BCUT2D eigenvalue weighted by Crippen LogP contribution is 2.18. The number of hydrogen-bond donors (Lipinski definition) is 1. The Bertz CT molecular complexity index is 382. The van der Waals surface area contributed by atoms with Crippen LogP contribution in [0.4, 0.5) is 0 Å². The standard InChI is InChI=1S/C16H30N2O/c1-15(2,3)12-18(7)11-13-8-9-19-14(13)10-17-16(4,5)6/h8-9,17H,10-12H2,1-7H3. The number of furan rings is 1. The lowest BCUT2D eigenvalue weighted by molar-refractivity contribution is 0.219. The van der Waals surface area contributed by atoms with Crippen LogP contribution < -0.4 is 5.32 Å². The second-order valence-corrected chi connectivity index (χ2v) is 7.71. The third kappa shape index (κ3) is 6.79. The van der Waals surface area contributed by atoms with Crippen LogP contribution in [0.3, 0.4) is 0 Å². The maximum atomic E-state index is 5.60. The third-order valence-electron chi connectivity index (χ3n) is 2.80. The largest absolute Gasteiger partial charge is 0.468 e. The number of nitrogens with one attached hydrogen (secondary N) is 1. The van der Waals surface area contributed by atoms with Crippen molar-refractivity contribution in [2.45, 2.75) is 60.2 Å². The summed E-state index contributed by atoms with van der Waals surface area (Å²) < 4.78 is 5.60. The SMILES string of the molecule is CN(Cc1ccoc1CNC(C)(C)C)CC(C)(C)C. The van der Waals surface area contributed by atoms with Gasteiger partial charge in [0.05, 0.1) is 12.8 Å². The Balaban J connectivity index is 2.58. The smallest absolute Gasteiger partial charge is 0.122 e. The van der Waals surface area contributed by atoms with Crippen LogP contribution in [0.2, 0.25) is 0 Å². The van der Waals surface area contributed by atoms with Gasteiger partial charge in [-0.15, -0.1) is 0 Å². The van der Waals surface area contributed by atoms with Gasteiger partial charge in [0.25, 0.3) is 0 Å². The Kier molecular flexibility index (Phi) is 5.22. The van der Waals surface area contributed by atoms with Gasteiger partial charge in [0.15, 0.2) is 0 Å². The molecule has 1 heterocycles. The molecule has 110 valence electrons. The molecule has 1 aromatic rings. The van der Waals surface area contributed by atoms with Crippen molar-refractivity contribution in [2.75, 3.05) is 13.6 Å². The van der Waals surface area contributed by atoms with Crippen molar-refractivity contribution in [3.63, 3.8) is 0 Å². The highest BCUT2D eigenvalue weighted by molar-refractivity contribution is 5.17. The molecule has 3 heteroatoms. The first-order chi connectivity index (χ1) is 8.57. The lowest BCUT2D eigenvalue weighted by Gasteiger charge is -2.26. The Hall–Kier alpha value is -0.800. The van der Waals surface area contributed by atoms with Crippen molar-refractivity contribution in [1.29, 1.82) is 0 Å². The van der Waals surface area contributed by atoms with E-state index in [1.54, 1.807) is 6.26 Å². The summed E-state index contributed by atoms with van der Waals surface area (Å²) in [6.45, 7) is 16.1. The van der Waals surface area contributed by atoms with Crippen LogP contribution in [0.1, 0.15) is 52.9 Å². The molecule has 0 radical (unpaired) electrons. The van der Waals surface area contributed by atoms with Crippen LogP contribution in [-0.4, -0.2) is 24.0 Å². The van der Waals surface area contributed by atoms with E-state index in [0.29, 0.717) is 5.41 Å². The topological polar surface area (TPSA) is 28.4 Å². The molecule has 1 N–H and O–H groups in total. The van der Waals surface area contributed by atoms with Gasteiger partial charge in [0, 0.05) is 24.2 Å². The van der Waals surface area contributed by atoms with Gasteiger partial charge in [-0.3, -0.25) is 0 Å². The van der Waals surface area contributed by atoms with Crippen LogP contribution >= 0.6 is 0 Å². The molecule has 0 amide bonds. The average molecular weight is 266 g/mol. The minimum Gasteiger partial charge on any atom is -0.468 e. The van der Waals surface area contributed by atoms with Crippen molar-refractivity contribution in [3.8, 4) is 0 Å². The van der Waals surface area contributed by atoms with Crippen LogP contribution in [0.5, 0.6) is 0 Å². The van der Waals surface area contributed by atoms with Gasteiger partial charge in [-0.05, 0) is 39.3 Å². The quantitative estimate of drug-likeness (QED) is 0.882. The van der Waals surface area contributed by atoms with E-state index in [2.05, 4.69) is 64.9 Å². The first-order valence-corrected chi connectivity index (χ1v) is 7.06. The fourth-order valence-electron chi connectivity index (χ4n) is 2.16. The van der Waals surface area contributed by atoms with Gasteiger partial charge in [0.1, 0.15) is 5.76 Å². The molecule has 0 fully saturated rings. The molecule has 0 atom stereocenters. The summed E-state index contributed by atoms with van der Waals surface area (Å²) in [6, 6.07) is 2.08. The second-order valence-electron chi connectivity index (χ2n) is 7.71. The predicted octanol–water partition coefficient (Wildman–Crippen LogP) is 3.65. The lowest BCUT2D eigenvalue weighted by Crippen LogP contribution is -2.35. The van der Waals surface area contributed by atoms with Gasteiger partial charge in [-0.25, -0.2) is 0 Å². The Labute approximate surface area is 118 Å². The molecule has 3 nitrogen and oxygen atoms in total. The third-order valence-corrected chi connectivity index (χ3v) is 2.80. The molecule has 0 aliphatic carbocycles. The number of rotatable bonds is 5. The van der Waals surface area contributed by atoms with Crippen molar-refractivity contribution < 1.29 is 4.42 Å². The molecule has 0 saturated carbocycles. The minimum atomic E-state index is 0.112. The molecular formula is C16H30N2O. The van der Waals surface area contributed by atoms with E-state index >= 15 is 0 Å². The summed E-state index contributed by atoms with van der Waals surface area (Å²) in [5.41, 5.74) is 1.72. The molecule has 0 unspecified atom stereocenters. The van der Waals surface area contributed by atoms with Gasteiger partial charge in [-0.1, -0.05) is 20.8 Å². The van der Waals surface area contributed by atoms with Gasteiger partial charge in [-0.2, -0.15) is 0 Å². The summed E-state index contributed by atoms with van der Waals surface area (Å²) in [5, 5.41) is 3.47. The second kappa shape index (κ2) is 6.10. The van der Waals surface area contributed by atoms with Gasteiger partial charge >= 0.3 is 0 Å². The fourth-order valence-corrected chi connectivity index (χ4v) is 2.16. The van der Waals surface area contributed by atoms with E-state index in [1.165, 1.54) is 5.56 Å². The number of nitrogens with zero attached hydrogens (tertiary/aromatic N) is 1. The highest BCUT2D eigenvalue weighted by Gasteiger charge is 2.17. The molecule has 0 saturated heterocycles. The Morgan fingerprint density at radius 1 is 1.16 bits per heavy atom. The van der Waals surface area contributed by atoms with Crippen molar-refractivity contribution in [2.24, 2.45) is 5.41 Å². The zero-order chi connectivity index (χ0) is 14.7. The Morgan fingerprint density at radius 2 is 1.79 bits per heavy atom. The molecule has 0 aromatic carbocycles. The molecule has 1 rings (SSSR count). The molecule has 19 heavy (non-hydrogen) atoms. The molecule has 0 bridgehead atoms. The normalized spacial score (nSPS) is 13.3. The zero-order valence-electron chi connectivity index (χ0n) is 13.6. The van der Waals surface area contributed by atoms with Gasteiger partial charge in [0.2, 0.25) is 0 Å². The van der Waals surface area contributed by atoms with Crippen LogP contribution in [0, 0.1) is 5.41 Å². The van der Waals surface area contributed by atoms with E-state index in [4.69, 9.17) is 4.42 Å². The average Bonchev–Trinajstić information content (AvgIpc) is 2.57. The first-order valence-electron chi connectivity index (χ1n) is 7.06. The van der Waals surface area contributed by atoms with E-state index in [-0.39, 0.29) is 5.54 Å².